The van der Waals surface area contributed by atoms with Gasteiger partial charge in [0.25, 0.3) is 0 Å². The molecule has 4 N–H and O–H groups in total. The van der Waals surface area contributed by atoms with Crippen LogP contribution in [-0.4, -0.2) is 16.7 Å². The molecule has 11 heavy (non-hydrogen) atoms. The van der Waals surface area contributed by atoms with Gasteiger partial charge in [-0.05, 0) is 25.5 Å². The van der Waals surface area contributed by atoms with Crippen LogP contribution in [0.15, 0.2) is 0 Å². The monoisotopic (exact) mass is 176 g/mol. The highest BCUT2D eigenvalue weighted by Gasteiger charge is 2.23. The van der Waals surface area contributed by atoms with E-state index >= 15 is 0 Å². The van der Waals surface area contributed by atoms with Gasteiger partial charge >= 0.3 is 0 Å². The van der Waals surface area contributed by atoms with Gasteiger partial charge in [0.2, 0.25) is 0 Å². The Morgan fingerprint density at radius 2 is 1.91 bits per heavy atom. The van der Waals surface area contributed by atoms with E-state index in [0.29, 0.717) is 5.25 Å². The maximum Gasteiger partial charge on any atom is 0.0729 e. The summed E-state index contributed by atoms with van der Waals surface area (Å²) in [6.45, 7) is 6.19. The van der Waals surface area contributed by atoms with Crippen LogP contribution in [0.3, 0.4) is 0 Å². The van der Waals surface area contributed by atoms with Crippen LogP contribution in [0.5, 0.6) is 0 Å². The van der Waals surface area contributed by atoms with E-state index in [2.05, 4.69) is 13.8 Å². The van der Waals surface area contributed by atoms with Gasteiger partial charge in [-0.2, -0.15) is 11.8 Å². The summed E-state index contributed by atoms with van der Waals surface area (Å²) >= 11 is 1.88. The molecular weight excluding hydrogens is 156 g/mol. The van der Waals surface area contributed by atoms with Crippen LogP contribution >= 0.6 is 11.8 Å². The number of thioether (sulfide) groups is 1. The van der Waals surface area contributed by atoms with E-state index in [1.54, 1.807) is 0 Å². The number of nitrogens with two attached hydrogens (primary N) is 2. The highest BCUT2D eigenvalue weighted by Crippen LogP contribution is 2.21. The number of hydrogen-bond acceptors (Lipinski definition) is 3. The zero-order valence-corrected chi connectivity index (χ0v) is 8.58. The van der Waals surface area contributed by atoms with E-state index in [9.17, 15) is 0 Å². The van der Waals surface area contributed by atoms with Gasteiger partial charge in [-0.15, -0.1) is 0 Å². The van der Waals surface area contributed by atoms with Crippen LogP contribution in [0.1, 0.15) is 33.6 Å². The fourth-order valence-electron chi connectivity index (χ4n) is 0.997. The van der Waals surface area contributed by atoms with Crippen molar-refractivity contribution in [3.8, 4) is 0 Å². The van der Waals surface area contributed by atoms with Gasteiger partial charge in [0, 0.05) is 5.25 Å². The van der Waals surface area contributed by atoms with E-state index in [1.165, 1.54) is 6.42 Å². The summed E-state index contributed by atoms with van der Waals surface area (Å²) < 4.78 is 0. The molecule has 0 spiro atoms. The van der Waals surface area contributed by atoms with Gasteiger partial charge in [-0.3, -0.25) is 0 Å². The van der Waals surface area contributed by atoms with Crippen molar-refractivity contribution < 1.29 is 0 Å². The van der Waals surface area contributed by atoms with Crippen molar-refractivity contribution in [2.75, 3.05) is 5.75 Å². The van der Waals surface area contributed by atoms with Crippen LogP contribution in [0.25, 0.3) is 0 Å². The third kappa shape index (κ3) is 4.67. The molecule has 0 aromatic rings. The topological polar surface area (TPSA) is 52.0 Å². The molecule has 0 aliphatic carbocycles. The normalized spacial score (nSPS) is 15.0. The van der Waals surface area contributed by atoms with Crippen LogP contribution < -0.4 is 11.5 Å². The quantitative estimate of drug-likeness (QED) is 0.625. The fraction of sp³-hybridized carbons (Fsp3) is 1.00. The summed E-state index contributed by atoms with van der Waals surface area (Å²) in [5, 5.41) is 0.391. The smallest absolute Gasteiger partial charge is 0.0729 e. The lowest BCUT2D eigenvalue weighted by atomic mass is 10.1. The second kappa shape index (κ2) is 5.01. The molecule has 0 aromatic carbocycles. The predicted octanol–water partition coefficient (Wildman–Crippen LogP) is 1.54. The van der Waals surface area contributed by atoms with Gasteiger partial charge in [-0.1, -0.05) is 13.8 Å². The Morgan fingerprint density at radius 3 is 2.18 bits per heavy atom. The Kier molecular flexibility index (Phi) is 5.13. The molecule has 2 nitrogen and oxygen atoms in total. The summed E-state index contributed by atoms with van der Waals surface area (Å²) in [7, 11) is 0. The van der Waals surface area contributed by atoms with Crippen LogP contribution in [-0.2, 0) is 0 Å². The van der Waals surface area contributed by atoms with E-state index < -0.39 is 5.66 Å². The summed E-state index contributed by atoms with van der Waals surface area (Å²) in [6, 6.07) is 0. The Balaban J connectivity index is 3.76. The van der Waals surface area contributed by atoms with Gasteiger partial charge in [-0.25, -0.2) is 0 Å². The average molecular weight is 176 g/mol. The van der Waals surface area contributed by atoms with Crippen molar-refractivity contribution in [1.82, 2.24) is 0 Å². The van der Waals surface area contributed by atoms with Crippen LogP contribution in [0, 0.1) is 0 Å². The second-order valence-electron chi connectivity index (χ2n) is 3.13. The summed E-state index contributed by atoms with van der Waals surface area (Å²) in [5.74, 6) is 1.16. The Morgan fingerprint density at radius 1 is 1.36 bits per heavy atom. The molecule has 0 bridgehead atoms. The lowest BCUT2D eigenvalue weighted by Crippen LogP contribution is -2.54. The first-order chi connectivity index (χ1) is 5.02. The Bertz CT molecular complexity index is 98.8. The molecule has 0 rings (SSSR count). The minimum absolute atomic E-state index is 0.391. The molecule has 0 fully saturated rings. The van der Waals surface area contributed by atoms with Crippen molar-refractivity contribution in [3.63, 3.8) is 0 Å². The first-order valence-electron chi connectivity index (χ1n) is 4.21. The minimum atomic E-state index is -0.519. The molecule has 3 heteroatoms. The molecule has 0 aliphatic rings. The fourth-order valence-corrected chi connectivity index (χ4v) is 2.11. The lowest BCUT2D eigenvalue weighted by molar-refractivity contribution is 0.459. The van der Waals surface area contributed by atoms with Gasteiger partial charge in [0.15, 0.2) is 0 Å². The van der Waals surface area contributed by atoms with Crippen molar-refractivity contribution >= 4 is 11.8 Å². The summed E-state index contributed by atoms with van der Waals surface area (Å²) in [4.78, 5) is 0. The Hall–Kier alpha value is 0.270. The lowest BCUT2D eigenvalue weighted by Gasteiger charge is -2.28. The largest absolute Gasteiger partial charge is 0.313 e. The molecule has 1 unspecified atom stereocenters. The first kappa shape index (κ1) is 11.3. The van der Waals surface area contributed by atoms with Gasteiger partial charge in [0.05, 0.1) is 5.66 Å². The van der Waals surface area contributed by atoms with Gasteiger partial charge in [0.1, 0.15) is 0 Å². The molecule has 0 heterocycles. The SMILES string of the molecule is CCCSC(CC)C(C)(N)N. The molecule has 0 radical (unpaired) electrons. The molecule has 0 saturated carbocycles. The molecular formula is C8H20N2S. The number of rotatable bonds is 5. The van der Waals surface area contributed by atoms with Crippen molar-refractivity contribution in [3.05, 3.63) is 0 Å². The highest BCUT2D eigenvalue weighted by molar-refractivity contribution is 7.99. The minimum Gasteiger partial charge on any atom is -0.313 e. The van der Waals surface area contributed by atoms with Gasteiger partial charge < -0.3 is 11.5 Å². The zero-order chi connectivity index (χ0) is 8.91. The molecule has 0 amide bonds. The Labute approximate surface area is 74.1 Å². The van der Waals surface area contributed by atoms with Crippen molar-refractivity contribution in [2.45, 2.75) is 44.5 Å². The third-order valence-electron chi connectivity index (χ3n) is 1.59. The molecule has 68 valence electrons. The van der Waals surface area contributed by atoms with E-state index in [1.807, 2.05) is 18.7 Å². The third-order valence-corrected chi connectivity index (χ3v) is 3.48. The first-order valence-corrected chi connectivity index (χ1v) is 5.26. The standard InChI is InChI=1S/C8H20N2S/c1-4-6-11-7(5-2)8(3,9)10/h7H,4-6,9-10H2,1-3H3. The number of hydrogen-bond donors (Lipinski definition) is 2. The molecule has 0 saturated heterocycles. The average Bonchev–Trinajstić information content (AvgIpc) is 1.87. The highest BCUT2D eigenvalue weighted by atomic mass is 32.2. The predicted molar refractivity (Wildman–Crippen MR) is 53.6 cm³/mol. The van der Waals surface area contributed by atoms with Crippen molar-refractivity contribution in [2.24, 2.45) is 11.5 Å². The molecule has 0 aromatic heterocycles. The van der Waals surface area contributed by atoms with E-state index in [-0.39, 0.29) is 0 Å². The zero-order valence-electron chi connectivity index (χ0n) is 7.76. The second-order valence-corrected chi connectivity index (χ2v) is 4.44. The maximum absolute atomic E-state index is 5.79. The summed E-state index contributed by atoms with van der Waals surface area (Å²) in [5.41, 5.74) is 11.1. The molecule has 1 atom stereocenters. The van der Waals surface area contributed by atoms with Crippen LogP contribution in [0.4, 0.5) is 0 Å². The van der Waals surface area contributed by atoms with Crippen molar-refractivity contribution in [1.29, 1.82) is 0 Å². The summed E-state index contributed by atoms with van der Waals surface area (Å²) in [6.07, 6.45) is 2.24. The maximum atomic E-state index is 5.79. The van der Waals surface area contributed by atoms with Crippen LogP contribution in [0.2, 0.25) is 0 Å². The van der Waals surface area contributed by atoms with E-state index in [0.717, 1.165) is 12.2 Å². The van der Waals surface area contributed by atoms with E-state index in [4.69, 9.17) is 11.5 Å². The molecule has 0 aliphatic heterocycles.